The number of hydrogen-bond donors (Lipinski definition) is 0. The number of thiazole rings is 1. The lowest BCUT2D eigenvalue weighted by molar-refractivity contribution is 0.0985. The van der Waals surface area contributed by atoms with E-state index in [0.717, 1.165) is 11.0 Å². The van der Waals surface area contributed by atoms with Gasteiger partial charge < -0.3 is 4.90 Å². The summed E-state index contributed by atoms with van der Waals surface area (Å²) in [5.74, 6) is -0.239. The Labute approximate surface area is 185 Å². The third kappa shape index (κ3) is 5.46. The Bertz CT molecular complexity index is 1110. The molecular weight excluding hydrogens is 453 g/mol. The van der Waals surface area contributed by atoms with Crippen LogP contribution in [0.5, 0.6) is 0 Å². The molecular formula is C19H21Cl2N3O3S2. The lowest BCUT2D eigenvalue weighted by atomic mass is 10.2. The number of para-hydroxylation sites is 1. The molecule has 3 aromatic rings. The van der Waals surface area contributed by atoms with Gasteiger partial charge in [-0.3, -0.25) is 9.69 Å². The smallest absolute Gasteiger partial charge is 0.260 e. The summed E-state index contributed by atoms with van der Waals surface area (Å²) in [6.07, 6.45) is 1.14. The number of hydrogen-bond acceptors (Lipinski definition) is 6. The number of amides is 1. The molecule has 3 rings (SSSR count). The zero-order valence-corrected chi connectivity index (χ0v) is 19.3. The van der Waals surface area contributed by atoms with Gasteiger partial charge in [0.15, 0.2) is 15.0 Å². The molecule has 1 amide bonds. The van der Waals surface area contributed by atoms with E-state index < -0.39 is 9.84 Å². The third-order valence-electron chi connectivity index (χ3n) is 4.13. The highest BCUT2D eigenvalue weighted by molar-refractivity contribution is 7.90. The van der Waals surface area contributed by atoms with E-state index in [1.807, 2.05) is 31.1 Å². The van der Waals surface area contributed by atoms with E-state index in [1.165, 1.54) is 35.6 Å². The Kier molecular flexibility index (Phi) is 7.64. The summed E-state index contributed by atoms with van der Waals surface area (Å²) in [6.45, 7) is 1.09. The van der Waals surface area contributed by atoms with Crippen molar-refractivity contribution in [2.75, 3.05) is 38.3 Å². The molecule has 0 aliphatic carbocycles. The van der Waals surface area contributed by atoms with Crippen molar-refractivity contribution in [3.63, 3.8) is 0 Å². The molecule has 0 unspecified atom stereocenters. The average molecular weight is 474 g/mol. The molecule has 2 aromatic carbocycles. The van der Waals surface area contributed by atoms with Crippen LogP contribution in [0.25, 0.3) is 10.2 Å². The molecule has 10 heteroatoms. The topological polar surface area (TPSA) is 70.6 Å². The Balaban J connectivity index is 0.00000300. The number of benzene rings is 2. The fourth-order valence-corrected chi connectivity index (χ4v) is 4.52. The lowest BCUT2D eigenvalue weighted by Crippen LogP contribution is -2.36. The van der Waals surface area contributed by atoms with Crippen LogP contribution < -0.4 is 4.90 Å². The monoisotopic (exact) mass is 473 g/mol. The lowest BCUT2D eigenvalue weighted by Gasteiger charge is -2.22. The van der Waals surface area contributed by atoms with Crippen LogP contribution in [0.1, 0.15) is 10.4 Å². The molecule has 0 saturated carbocycles. The van der Waals surface area contributed by atoms with Gasteiger partial charge in [-0.25, -0.2) is 13.4 Å². The van der Waals surface area contributed by atoms with E-state index in [4.69, 9.17) is 11.6 Å². The summed E-state index contributed by atoms with van der Waals surface area (Å²) in [7, 11) is 0.541. The first-order valence-electron chi connectivity index (χ1n) is 8.48. The molecule has 0 aliphatic rings. The van der Waals surface area contributed by atoms with Crippen molar-refractivity contribution in [3.05, 3.63) is 53.1 Å². The predicted molar refractivity (Wildman–Crippen MR) is 122 cm³/mol. The zero-order valence-electron chi connectivity index (χ0n) is 16.1. The molecule has 0 saturated heterocycles. The highest BCUT2D eigenvalue weighted by Gasteiger charge is 2.22. The van der Waals surface area contributed by atoms with Gasteiger partial charge in [0.2, 0.25) is 0 Å². The Morgan fingerprint density at radius 3 is 2.31 bits per heavy atom. The first-order valence-corrected chi connectivity index (χ1v) is 11.6. The fourth-order valence-electron chi connectivity index (χ4n) is 2.60. The van der Waals surface area contributed by atoms with Gasteiger partial charge in [-0.1, -0.05) is 29.0 Å². The van der Waals surface area contributed by atoms with E-state index >= 15 is 0 Å². The van der Waals surface area contributed by atoms with E-state index in [1.54, 1.807) is 11.0 Å². The molecule has 6 nitrogen and oxygen atoms in total. The summed E-state index contributed by atoms with van der Waals surface area (Å²) < 4.78 is 24.2. The number of rotatable bonds is 6. The normalized spacial score (nSPS) is 11.5. The van der Waals surface area contributed by atoms with Crippen molar-refractivity contribution in [1.82, 2.24) is 9.88 Å². The minimum absolute atomic E-state index is 0. The number of carbonyl (C=O) groups excluding carboxylic acids is 1. The fraction of sp³-hybridized carbons (Fsp3) is 0.263. The van der Waals surface area contributed by atoms with Gasteiger partial charge in [0.05, 0.1) is 14.6 Å². The molecule has 0 bridgehead atoms. The largest absolute Gasteiger partial charge is 0.308 e. The molecule has 1 aromatic heterocycles. The number of fused-ring (bicyclic) bond motifs is 1. The standard InChI is InChI=1S/C19H20ClN3O3S2.ClH/c1-22(2)11-12-23(19-21-17-15(20)5-4-6-16(17)27-19)18(24)13-7-9-14(10-8-13)28(3,25)26;/h4-10H,11-12H2,1-3H3;1H. The second kappa shape index (κ2) is 9.40. The van der Waals surface area contributed by atoms with Crippen molar-refractivity contribution in [1.29, 1.82) is 0 Å². The molecule has 1 heterocycles. The molecule has 29 heavy (non-hydrogen) atoms. The molecule has 0 N–H and O–H groups in total. The summed E-state index contributed by atoms with van der Waals surface area (Å²) in [5, 5.41) is 1.10. The summed E-state index contributed by atoms with van der Waals surface area (Å²) in [6, 6.07) is 11.5. The van der Waals surface area contributed by atoms with Crippen LogP contribution in [-0.4, -0.2) is 57.6 Å². The van der Waals surface area contributed by atoms with Crippen LogP contribution >= 0.6 is 35.3 Å². The molecule has 0 spiro atoms. The average Bonchev–Trinajstić information content (AvgIpc) is 3.06. The summed E-state index contributed by atoms with van der Waals surface area (Å²) in [5.41, 5.74) is 1.07. The number of halogens is 2. The minimum Gasteiger partial charge on any atom is -0.308 e. The number of anilines is 1. The molecule has 0 aliphatic heterocycles. The first-order chi connectivity index (χ1) is 13.2. The van der Waals surface area contributed by atoms with Gasteiger partial charge in [-0.2, -0.15) is 0 Å². The number of aromatic nitrogens is 1. The van der Waals surface area contributed by atoms with Crippen molar-refractivity contribution in [2.24, 2.45) is 0 Å². The van der Waals surface area contributed by atoms with Crippen LogP contribution in [0.15, 0.2) is 47.4 Å². The molecule has 0 fully saturated rings. The van der Waals surface area contributed by atoms with Crippen molar-refractivity contribution in [2.45, 2.75) is 4.90 Å². The Morgan fingerprint density at radius 1 is 1.10 bits per heavy atom. The zero-order chi connectivity index (χ0) is 20.5. The van der Waals surface area contributed by atoms with E-state index in [9.17, 15) is 13.2 Å². The predicted octanol–water partition coefficient (Wildman–Crippen LogP) is 3.98. The van der Waals surface area contributed by atoms with Crippen molar-refractivity contribution in [3.8, 4) is 0 Å². The number of nitrogens with zero attached hydrogens (tertiary/aromatic N) is 3. The first kappa shape index (κ1) is 23.6. The maximum atomic E-state index is 13.2. The van der Waals surface area contributed by atoms with Gasteiger partial charge in [-0.05, 0) is 50.5 Å². The third-order valence-corrected chi connectivity index (χ3v) is 6.61. The van der Waals surface area contributed by atoms with Crippen LogP contribution in [0.2, 0.25) is 5.02 Å². The maximum Gasteiger partial charge on any atom is 0.260 e. The van der Waals surface area contributed by atoms with Gasteiger partial charge in [0, 0.05) is 24.9 Å². The summed E-state index contributed by atoms with van der Waals surface area (Å²) in [4.78, 5) is 21.5. The van der Waals surface area contributed by atoms with Crippen molar-refractivity contribution < 1.29 is 13.2 Å². The molecule has 156 valence electrons. The second-order valence-corrected chi connectivity index (χ2v) is 10.1. The summed E-state index contributed by atoms with van der Waals surface area (Å²) >= 11 is 7.63. The van der Waals surface area contributed by atoms with E-state index in [-0.39, 0.29) is 23.2 Å². The van der Waals surface area contributed by atoms with Gasteiger partial charge in [-0.15, -0.1) is 12.4 Å². The molecule has 0 radical (unpaired) electrons. The molecule has 0 atom stereocenters. The SMILES string of the molecule is CN(C)CCN(C(=O)c1ccc(S(C)(=O)=O)cc1)c1nc2c(Cl)cccc2s1.Cl. The van der Waals surface area contributed by atoms with E-state index in [0.29, 0.717) is 34.3 Å². The van der Waals surface area contributed by atoms with Gasteiger partial charge in [0.1, 0.15) is 5.52 Å². The highest BCUT2D eigenvalue weighted by atomic mass is 35.5. The van der Waals surface area contributed by atoms with Crippen LogP contribution in [0.3, 0.4) is 0 Å². The number of carbonyl (C=O) groups is 1. The van der Waals surface area contributed by atoms with Crippen LogP contribution in [0, 0.1) is 0 Å². The van der Waals surface area contributed by atoms with E-state index in [2.05, 4.69) is 4.98 Å². The van der Waals surface area contributed by atoms with Crippen LogP contribution in [-0.2, 0) is 9.84 Å². The highest BCUT2D eigenvalue weighted by Crippen LogP contribution is 2.33. The van der Waals surface area contributed by atoms with Crippen molar-refractivity contribution >= 4 is 66.4 Å². The Morgan fingerprint density at radius 2 is 1.76 bits per heavy atom. The maximum absolute atomic E-state index is 13.2. The Hall–Kier alpha value is -1.71. The minimum atomic E-state index is -3.32. The van der Waals surface area contributed by atoms with Gasteiger partial charge in [0.25, 0.3) is 5.91 Å². The number of sulfone groups is 1. The van der Waals surface area contributed by atoms with Gasteiger partial charge >= 0.3 is 0 Å². The number of likely N-dealkylation sites (N-methyl/N-ethyl adjacent to an activating group) is 1. The quantitative estimate of drug-likeness (QED) is 0.541. The van der Waals surface area contributed by atoms with Crippen LogP contribution in [0.4, 0.5) is 5.13 Å². The second-order valence-electron chi connectivity index (χ2n) is 6.64.